The van der Waals surface area contributed by atoms with Gasteiger partial charge in [-0.05, 0) is 12.1 Å². The third-order valence-electron chi connectivity index (χ3n) is 1.59. The van der Waals surface area contributed by atoms with Crippen molar-refractivity contribution in [1.82, 2.24) is 0 Å². The summed E-state index contributed by atoms with van der Waals surface area (Å²) < 4.78 is 17.7. The van der Waals surface area contributed by atoms with Crippen LogP contribution in [0.15, 0.2) is 12.1 Å². The average Bonchev–Trinajstić information content (AvgIpc) is 2.08. The van der Waals surface area contributed by atoms with Gasteiger partial charge in [-0.15, -0.1) is 0 Å². The Bertz CT molecular complexity index is 260. The highest BCUT2D eigenvalue weighted by atomic mass is 19.1. The fourth-order valence-corrected chi connectivity index (χ4v) is 1.01. The summed E-state index contributed by atoms with van der Waals surface area (Å²) in [5, 5.41) is 9.20. The first-order valence-corrected chi connectivity index (χ1v) is 3.45. The molecule has 3 N–H and O–H groups in total. The minimum atomic E-state index is -0.466. The van der Waals surface area contributed by atoms with Crippen LogP contribution in [0.3, 0.4) is 0 Å². The van der Waals surface area contributed by atoms with Crippen LogP contribution in [0, 0.1) is 5.82 Å². The fourth-order valence-electron chi connectivity index (χ4n) is 1.01. The zero-order valence-corrected chi connectivity index (χ0v) is 6.67. The number of nitrogens with two attached hydrogens (primary N) is 1. The first kappa shape index (κ1) is 8.80. The first-order valence-electron chi connectivity index (χ1n) is 3.45. The molecule has 4 heteroatoms. The van der Waals surface area contributed by atoms with E-state index in [-0.39, 0.29) is 23.6 Å². The summed E-state index contributed by atoms with van der Waals surface area (Å²) >= 11 is 0. The van der Waals surface area contributed by atoms with Crippen molar-refractivity contribution < 1.29 is 14.2 Å². The Morgan fingerprint density at radius 3 is 2.67 bits per heavy atom. The highest BCUT2D eigenvalue weighted by Gasteiger charge is 2.11. The van der Waals surface area contributed by atoms with Gasteiger partial charge in [0, 0.05) is 12.1 Å². The number of phenols is 1. The van der Waals surface area contributed by atoms with E-state index in [9.17, 15) is 9.50 Å². The van der Waals surface area contributed by atoms with E-state index in [1.54, 1.807) is 0 Å². The molecule has 0 unspecified atom stereocenters. The van der Waals surface area contributed by atoms with Crippen LogP contribution >= 0.6 is 0 Å². The van der Waals surface area contributed by atoms with Crippen molar-refractivity contribution in [2.45, 2.75) is 6.54 Å². The first-order chi connectivity index (χ1) is 5.70. The highest BCUT2D eigenvalue weighted by Crippen LogP contribution is 2.31. The summed E-state index contributed by atoms with van der Waals surface area (Å²) in [7, 11) is 1.35. The lowest BCUT2D eigenvalue weighted by Crippen LogP contribution is -2.02. The largest absolute Gasteiger partial charge is 0.504 e. The number of rotatable bonds is 2. The van der Waals surface area contributed by atoms with Crippen molar-refractivity contribution >= 4 is 0 Å². The molecule has 66 valence electrons. The standard InChI is InChI=1S/C8H10FNO2/c1-12-8-5(4-10)6(9)2-3-7(8)11/h2-3,11H,4,10H2,1H3. The molecule has 0 aromatic heterocycles. The summed E-state index contributed by atoms with van der Waals surface area (Å²) in [6.45, 7) is 0.00338. The predicted molar refractivity (Wildman–Crippen MR) is 42.5 cm³/mol. The van der Waals surface area contributed by atoms with Crippen molar-refractivity contribution in [3.63, 3.8) is 0 Å². The molecule has 0 saturated carbocycles. The molecule has 0 aliphatic rings. The van der Waals surface area contributed by atoms with Gasteiger partial charge in [-0.2, -0.15) is 0 Å². The SMILES string of the molecule is COc1c(O)ccc(F)c1CN. The number of benzene rings is 1. The van der Waals surface area contributed by atoms with Gasteiger partial charge >= 0.3 is 0 Å². The van der Waals surface area contributed by atoms with E-state index in [0.717, 1.165) is 6.07 Å². The number of phenolic OH excluding ortho intramolecular Hbond substituents is 1. The number of methoxy groups -OCH3 is 1. The second-order valence-electron chi connectivity index (χ2n) is 2.28. The van der Waals surface area contributed by atoms with Gasteiger partial charge < -0.3 is 15.6 Å². The third-order valence-corrected chi connectivity index (χ3v) is 1.59. The smallest absolute Gasteiger partial charge is 0.167 e. The molecule has 3 nitrogen and oxygen atoms in total. The molecule has 0 amide bonds. The quantitative estimate of drug-likeness (QED) is 0.697. The number of hydrogen-bond acceptors (Lipinski definition) is 3. The van der Waals surface area contributed by atoms with Crippen molar-refractivity contribution in [2.75, 3.05) is 7.11 Å². The molecule has 12 heavy (non-hydrogen) atoms. The normalized spacial score (nSPS) is 9.92. The van der Waals surface area contributed by atoms with Crippen LogP contribution in [-0.4, -0.2) is 12.2 Å². The predicted octanol–water partition coefficient (Wildman–Crippen LogP) is 0.999. The number of aromatic hydroxyl groups is 1. The summed E-state index contributed by atoms with van der Waals surface area (Å²) in [5.41, 5.74) is 5.46. The van der Waals surface area contributed by atoms with Crippen LogP contribution in [-0.2, 0) is 6.54 Å². The molecule has 0 fully saturated rings. The van der Waals surface area contributed by atoms with Crippen LogP contribution in [0.2, 0.25) is 0 Å². The van der Waals surface area contributed by atoms with Crippen LogP contribution in [0.5, 0.6) is 11.5 Å². The zero-order chi connectivity index (χ0) is 9.14. The fraction of sp³-hybridized carbons (Fsp3) is 0.250. The lowest BCUT2D eigenvalue weighted by atomic mass is 10.2. The molecule has 0 bridgehead atoms. The Hall–Kier alpha value is -1.29. The Morgan fingerprint density at radius 2 is 2.25 bits per heavy atom. The molecule has 0 heterocycles. The maximum Gasteiger partial charge on any atom is 0.167 e. The number of halogens is 1. The molecular formula is C8H10FNO2. The average molecular weight is 171 g/mol. The molecule has 0 spiro atoms. The Morgan fingerprint density at radius 1 is 1.58 bits per heavy atom. The topological polar surface area (TPSA) is 55.5 Å². The van der Waals surface area contributed by atoms with Gasteiger partial charge in [0.25, 0.3) is 0 Å². The van der Waals surface area contributed by atoms with E-state index >= 15 is 0 Å². The van der Waals surface area contributed by atoms with E-state index in [1.807, 2.05) is 0 Å². The van der Waals surface area contributed by atoms with Gasteiger partial charge in [0.05, 0.1) is 7.11 Å². The van der Waals surface area contributed by atoms with E-state index in [0.29, 0.717) is 0 Å². The Kier molecular flexibility index (Phi) is 2.50. The Balaban J connectivity index is 3.28. The monoisotopic (exact) mass is 171 g/mol. The van der Waals surface area contributed by atoms with Crippen molar-refractivity contribution in [2.24, 2.45) is 5.73 Å². The lowest BCUT2D eigenvalue weighted by Gasteiger charge is -2.08. The molecule has 1 aromatic carbocycles. The van der Waals surface area contributed by atoms with Crippen molar-refractivity contribution in [3.05, 3.63) is 23.5 Å². The van der Waals surface area contributed by atoms with E-state index < -0.39 is 5.82 Å². The molecule has 1 aromatic rings. The van der Waals surface area contributed by atoms with Gasteiger partial charge in [-0.1, -0.05) is 0 Å². The van der Waals surface area contributed by atoms with Gasteiger partial charge in [0.15, 0.2) is 11.5 Å². The minimum absolute atomic E-state index is 0.00338. The lowest BCUT2D eigenvalue weighted by molar-refractivity contribution is 0.365. The molecule has 1 rings (SSSR count). The van der Waals surface area contributed by atoms with E-state index in [1.165, 1.54) is 13.2 Å². The zero-order valence-electron chi connectivity index (χ0n) is 6.67. The van der Waals surface area contributed by atoms with Crippen LogP contribution in [0.1, 0.15) is 5.56 Å². The van der Waals surface area contributed by atoms with E-state index in [2.05, 4.69) is 0 Å². The molecule has 0 saturated heterocycles. The maximum absolute atomic E-state index is 12.9. The number of ether oxygens (including phenoxy) is 1. The summed E-state index contributed by atoms with van der Waals surface area (Å²) in [4.78, 5) is 0. The molecule has 0 aliphatic carbocycles. The molecule has 0 atom stereocenters. The maximum atomic E-state index is 12.9. The summed E-state index contributed by atoms with van der Waals surface area (Å²) in [6, 6.07) is 2.38. The highest BCUT2D eigenvalue weighted by molar-refractivity contribution is 5.46. The van der Waals surface area contributed by atoms with E-state index in [4.69, 9.17) is 10.5 Å². The summed E-state index contributed by atoms with van der Waals surface area (Å²) in [5.74, 6) is -0.455. The minimum Gasteiger partial charge on any atom is -0.504 e. The number of hydrogen-bond donors (Lipinski definition) is 2. The van der Waals surface area contributed by atoms with Crippen molar-refractivity contribution in [1.29, 1.82) is 0 Å². The van der Waals surface area contributed by atoms with Gasteiger partial charge in [0.1, 0.15) is 5.82 Å². The van der Waals surface area contributed by atoms with Gasteiger partial charge in [-0.25, -0.2) is 4.39 Å². The molecule has 0 radical (unpaired) electrons. The van der Waals surface area contributed by atoms with Crippen LogP contribution in [0.25, 0.3) is 0 Å². The van der Waals surface area contributed by atoms with Crippen LogP contribution in [0.4, 0.5) is 4.39 Å². The van der Waals surface area contributed by atoms with Gasteiger partial charge in [-0.3, -0.25) is 0 Å². The Labute approximate surface area is 69.6 Å². The molecular weight excluding hydrogens is 161 g/mol. The summed E-state index contributed by atoms with van der Waals surface area (Å²) in [6.07, 6.45) is 0. The molecule has 0 aliphatic heterocycles. The van der Waals surface area contributed by atoms with Gasteiger partial charge in [0.2, 0.25) is 0 Å². The second-order valence-corrected chi connectivity index (χ2v) is 2.28. The van der Waals surface area contributed by atoms with Crippen molar-refractivity contribution in [3.8, 4) is 11.5 Å². The van der Waals surface area contributed by atoms with Crippen LogP contribution < -0.4 is 10.5 Å². The second kappa shape index (κ2) is 3.40. The third kappa shape index (κ3) is 1.33.